The van der Waals surface area contributed by atoms with E-state index in [9.17, 15) is 4.79 Å². The molecule has 2 fully saturated rings. The number of pyridine rings is 1. The summed E-state index contributed by atoms with van der Waals surface area (Å²) < 4.78 is 0. The molecule has 1 amide bonds. The highest BCUT2D eigenvalue weighted by atomic mass is 16.2. The van der Waals surface area contributed by atoms with Gasteiger partial charge in [-0.05, 0) is 51.4 Å². The Morgan fingerprint density at radius 3 is 2.81 bits per heavy atom. The summed E-state index contributed by atoms with van der Waals surface area (Å²) in [5, 5.41) is 0. The summed E-state index contributed by atoms with van der Waals surface area (Å²) in [7, 11) is 0. The number of carbonyl (C=O) groups excluding carboxylic acids is 1. The first-order valence-electron chi connectivity index (χ1n) is 7.66. The molecule has 21 heavy (non-hydrogen) atoms. The standard InChI is InChI=1S/C15H23N5O/c1-11-8-12(9-14(17-11)18-16)15(21)20-7-4-13(10-20)19-5-2-3-6-19/h8-9,13H,2-7,10,16H2,1H3,(H,17,18). The second kappa shape index (κ2) is 5.99. The van der Waals surface area contributed by atoms with Crippen molar-refractivity contribution in [2.24, 2.45) is 5.84 Å². The van der Waals surface area contributed by atoms with Crippen molar-refractivity contribution in [1.29, 1.82) is 0 Å². The number of nitrogens with one attached hydrogen (secondary N) is 1. The number of hydrogen-bond acceptors (Lipinski definition) is 5. The zero-order valence-electron chi connectivity index (χ0n) is 12.5. The zero-order chi connectivity index (χ0) is 14.8. The van der Waals surface area contributed by atoms with Gasteiger partial charge in [0.2, 0.25) is 0 Å². The molecule has 114 valence electrons. The Kier molecular flexibility index (Phi) is 4.07. The summed E-state index contributed by atoms with van der Waals surface area (Å²) in [6.07, 6.45) is 3.66. The molecule has 3 rings (SSSR count). The molecule has 1 atom stereocenters. The van der Waals surface area contributed by atoms with Crippen molar-refractivity contribution in [2.75, 3.05) is 31.6 Å². The van der Waals surface area contributed by atoms with E-state index in [0.717, 1.165) is 25.2 Å². The van der Waals surface area contributed by atoms with E-state index in [1.165, 1.54) is 25.9 Å². The molecule has 1 unspecified atom stereocenters. The van der Waals surface area contributed by atoms with E-state index in [4.69, 9.17) is 5.84 Å². The molecule has 0 spiro atoms. The first-order valence-corrected chi connectivity index (χ1v) is 7.66. The summed E-state index contributed by atoms with van der Waals surface area (Å²) in [4.78, 5) is 21.3. The minimum Gasteiger partial charge on any atom is -0.337 e. The smallest absolute Gasteiger partial charge is 0.254 e. The van der Waals surface area contributed by atoms with Crippen LogP contribution in [0.2, 0.25) is 0 Å². The predicted octanol–water partition coefficient (Wildman–Crippen LogP) is 0.986. The highest BCUT2D eigenvalue weighted by Crippen LogP contribution is 2.22. The summed E-state index contributed by atoms with van der Waals surface area (Å²) in [5.41, 5.74) is 3.98. The maximum absolute atomic E-state index is 12.6. The highest BCUT2D eigenvalue weighted by molar-refractivity contribution is 5.95. The second-order valence-electron chi connectivity index (χ2n) is 5.96. The Morgan fingerprint density at radius 2 is 2.10 bits per heavy atom. The van der Waals surface area contributed by atoms with Crippen LogP contribution < -0.4 is 11.3 Å². The molecule has 0 aliphatic carbocycles. The lowest BCUT2D eigenvalue weighted by molar-refractivity contribution is 0.0780. The van der Waals surface area contributed by atoms with Gasteiger partial charge in [-0.1, -0.05) is 0 Å². The van der Waals surface area contributed by atoms with Gasteiger partial charge in [-0.25, -0.2) is 10.8 Å². The van der Waals surface area contributed by atoms with E-state index in [1.54, 1.807) is 6.07 Å². The molecule has 0 aromatic carbocycles. The van der Waals surface area contributed by atoms with Gasteiger partial charge >= 0.3 is 0 Å². The molecule has 1 aromatic heterocycles. The third kappa shape index (κ3) is 3.01. The largest absolute Gasteiger partial charge is 0.337 e. The predicted molar refractivity (Wildman–Crippen MR) is 81.9 cm³/mol. The van der Waals surface area contributed by atoms with Crippen molar-refractivity contribution in [3.63, 3.8) is 0 Å². The Labute approximate surface area is 125 Å². The van der Waals surface area contributed by atoms with Gasteiger partial charge in [-0.3, -0.25) is 9.69 Å². The van der Waals surface area contributed by atoms with Crippen LogP contribution in [0.15, 0.2) is 12.1 Å². The maximum Gasteiger partial charge on any atom is 0.254 e. The fraction of sp³-hybridized carbons (Fsp3) is 0.600. The van der Waals surface area contributed by atoms with E-state index >= 15 is 0 Å². The number of hydrazine groups is 1. The Bertz CT molecular complexity index is 527. The van der Waals surface area contributed by atoms with Gasteiger partial charge in [-0.2, -0.15) is 0 Å². The lowest BCUT2D eigenvalue weighted by atomic mass is 10.2. The number of nitrogen functional groups attached to an aromatic ring is 1. The van der Waals surface area contributed by atoms with E-state index < -0.39 is 0 Å². The Hall–Kier alpha value is -1.66. The molecular weight excluding hydrogens is 266 g/mol. The van der Waals surface area contributed by atoms with Crippen LogP contribution >= 0.6 is 0 Å². The number of nitrogens with zero attached hydrogens (tertiary/aromatic N) is 3. The minimum absolute atomic E-state index is 0.0821. The van der Waals surface area contributed by atoms with E-state index in [1.807, 2.05) is 17.9 Å². The van der Waals surface area contributed by atoms with Gasteiger partial charge in [0.05, 0.1) is 0 Å². The maximum atomic E-state index is 12.6. The van der Waals surface area contributed by atoms with Crippen molar-refractivity contribution in [3.05, 3.63) is 23.4 Å². The number of nitrogens with two attached hydrogens (primary N) is 1. The normalized spacial score (nSPS) is 22.8. The van der Waals surface area contributed by atoms with E-state index in [0.29, 0.717) is 17.4 Å². The quantitative estimate of drug-likeness (QED) is 0.641. The van der Waals surface area contributed by atoms with Gasteiger partial charge in [0, 0.05) is 30.4 Å². The number of aromatic nitrogens is 1. The Morgan fingerprint density at radius 1 is 1.33 bits per heavy atom. The molecule has 2 aliphatic heterocycles. The fourth-order valence-electron chi connectivity index (χ4n) is 3.38. The molecule has 3 N–H and O–H groups in total. The van der Waals surface area contributed by atoms with Gasteiger partial charge in [0.15, 0.2) is 0 Å². The summed E-state index contributed by atoms with van der Waals surface area (Å²) in [6.45, 7) is 5.91. The summed E-state index contributed by atoms with van der Waals surface area (Å²) in [5.74, 6) is 6.02. The average Bonchev–Trinajstić information content (AvgIpc) is 3.16. The molecule has 0 bridgehead atoms. The van der Waals surface area contributed by atoms with Crippen LogP contribution in [0.1, 0.15) is 35.3 Å². The molecule has 0 radical (unpaired) electrons. The van der Waals surface area contributed by atoms with Crippen molar-refractivity contribution in [3.8, 4) is 0 Å². The average molecular weight is 289 g/mol. The van der Waals surface area contributed by atoms with Crippen LogP contribution in [-0.2, 0) is 0 Å². The van der Waals surface area contributed by atoms with Crippen LogP contribution in [0.3, 0.4) is 0 Å². The highest BCUT2D eigenvalue weighted by Gasteiger charge is 2.32. The van der Waals surface area contributed by atoms with E-state index in [-0.39, 0.29) is 5.91 Å². The number of hydrogen-bond donors (Lipinski definition) is 2. The number of amides is 1. The first kappa shape index (κ1) is 14.3. The second-order valence-corrected chi connectivity index (χ2v) is 5.96. The van der Waals surface area contributed by atoms with Gasteiger partial charge in [-0.15, -0.1) is 0 Å². The fourth-order valence-corrected chi connectivity index (χ4v) is 3.38. The molecule has 6 heteroatoms. The minimum atomic E-state index is 0.0821. The molecule has 6 nitrogen and oxygen atoms in total. The van der Waals surface area contributed by atoms with Gasteiger partial charge in [0.25, 0.3) is 5.91 Å². The summed E-state index contributed by atoms with van der Waals surface area (Å²) >= 11 is 0. The third-order valence-electron chi connectivity index (χ3n) is 4.46. The van der Waals surface area contributed by atoms with Gasteiger partial charge in [0.1, 0.15) is 5.82 Å². The number of anilines is 1. The number of carbonyl (C=O) groups is 1. The number of likely N-dealkylation sites (tertiary alicyclic amines) is 2. The molecule has 2 aliphatic rings. The van der Waals surface area contributed by atoms with Crippen molar-refractivity contribution in [1.82, 2.24) is 14.8 Å². The van der Waals surface area contributed by atoms with Crippen molar-refractivity contribution in [2.45, 2.75) is 32.2 Å². The Balaban J connectivity index is 1.69. The third-order valence-corrected chi connectivity index (χ3v) is 4.46. The molecular formula is C15H23N5O. The number of rotatable bonds is 3. The van der Waals surface area contributed by atoms with Crippen LogP contribution in [0.25, 0.3) is 0 Å². The van der Waals surface area contributed by atoms with Crippen LogP contribution in [-0.4, -0.2) is 52.9 Å². The molecule has 3 heterocycles. The van der Waals surface area contributed by atoms with Crippen LogP contribution in [0, 0.1) is 6.92 Å². The topological polar surface area (TPSA) is 74.5 Å². The van der Waals surface area contributed by atoms with Crippen molar-refractivity contribution < 1.29 is 4.79 Å². The molecule has 2 saturated heterocycles. The van der Waals surface area contributed by atoms with E-state index in [2.05, 4.69) is 15.3 Å². The van der Waals surface area contributed by atoms with Crippen LogP contribution in [0.5, 0.6) is 0 Å². The van der Waals surface area contributed by atoms with Crippen LogP contribution in [0.4, 0.5) is 5.82 Å². The lowest BCUT2D eigenvalue weighted by Gasteiger charge is -2.23. The lowest BCUT2D eigenvalue weighted by Crippen LogP contribution is -2.37. The zero-order valence-corrected chi connectivity index (χ0v) is 12.5. The summed E-state index contributed by atoms with van der Waals surface area (Å²) in [6, 6.07) is 4.08. The van der Waals surface area contributed by atoms with Gasteiger partial charge < -0.3 is 10.3 Å². The van der Waals surface area contributed by atoms with Crippen molar-refractivity contribution >= 4 is 11.7 Å². The molecule has 0 saturated carbocycles. The first-order chi connectivity index (χ1) is 10.2. The SMILES string of the molecule is Cc1cc(C(=O)N2CCC(N3CCCC3)C2)cc(NN)n1. The monoisotopic (exact) mass is 289 g/mol. The molecule has 1 aromatic rings. The number of aryl methyl sites for hydroxylation is 1.